The average molecular weight is 415 g/mol. The minimum Gasteiger partial charge on any atom is -0.493 e. The molecule has 0 amide bonds. The molecule has 154 valence electrons. The van der Waals surface area contributed by atoms with E-state index in [-0.39, 0.29) is 19.3 Å². The highest BCUT2D eigenvalue weighted by Gasteiger charge is 2.11. The lowest BCUT2D eigenvalue weighted by Gasteiger charge is -2.17. The van der Waals surface area contributed by atoms with E-state index in [1.54, 1.807) is 24.0 Å². The molecule has 0 aliphatic heterocycles. The van der Waals surface area contributed by atoms with Gasteiger partial charge >= 0.3 is 0 Å². The van der Waals surface area contributed by atoms with Crippen LogP contribution >= 0.6 is 11.3 Å². The minimum absolute atomic E-state index is 0.0302. The molecule has 1 unspecified atom stereocenters. The van der Waals surface area contributed by atoms with Gasteiger partial charge in [0.1, 0.15) is 19.0 Å². The fourth-order valence-electron chi connectivity index (χ4n) is 2.79. The van der Waals surface area contributed by atoms with Gasteiger partial charge in [-0.15, -0.1) is 11.3 Å². The largest absolute Gasteiger partial charge is 0.493 e. The topological polar surface area (TPSA) is 72.8 Å². The molecule has 0 bridgehead atoms. The molecule has 3 aromatic rings. The van der Waals surface area contributed by atoms with Crippen LogP contribution in [0.15, 0.2) is 53.4 Å². The summed E-state index contributed by atoms with van der Waals surface area (Å²) in [6.45, 7) is 3.54. The van der Waals surface area contributed by atoms with E-state index >= 15 is 0 Å². The number of nitrogens with one attached hydrogen (secondary N) is 1. The number of aliphatic hydroxyl groups is 1. The SMILES string of the molecule is COc1cc(C(C)NCc2ccc(OCc3cscn3)cc2)ccc1OCCO. The fraction of sp³-hybridized carbons (Fsp3) is 0.318. The zero-order valence-corrected chi connectivity index (χ0v) is 17.4. The Morgan fingerprint density at radius 2 is 1.93 bits per heavy atom. The third-order valence-corrected chi connectivity index (χ3v) is 5.08. The summed E-state index contributed by atoms with van der Waals surface area (Å²) in [5.74, 6) is 2.12. The Kier molecular flexibility index (Phi) is 7.86. The van der Waals surface area contributed by atoms with Crippen LogP contribution < -0.4 is 19.5 Å². The van der Waals surface area contributed by atoms with E-state index in [1.807, 2.05) is 35.7 Å². The van der Waals surface area contributed by atoms with Crippen LogP contribution in [0.5, 0.6) is 17.2 Å². The van der Waals surface area contributed by atoms with Gasteiger partial charge in [0.2, 0.25) is 0 Å². The monoisotopic (exact) mass is 414 g/mol. The fourth-order valence-corrected chi connectivity index (χ4v) is 3.33. The number of aromatic nitrogens is 1. The van der Waals surface area contributed by atoms with Crippen molar-refractivity contribution < 1.29 is 19.3 Å². The summed E-state index contributed by atoms with van der Waals surface area (Å²) in [5.41, 5.74) is 5.02. The van der Waals surface area contributed by atoms with Crippen molar-refractivity contribution in [1.29, 1.82) is 0 Å². The summed E-state index contributed by atoms with van der Waals surface area (Å²) in [6, 6.07) is 14.0. The number of aliphatic hydroxyl groups excluding tert-OH is 1. The van der Waals surface area contributed by atoms with E-state index in [2.05, 4.69) is 29.4 Å². The predicted molar refractivity (Wildman–Crippen MR) is 114 cm³/mol. The van der Waals surface area contributed by atoms with Crippen LogP contribution in [0, 0.1) is 0 Å². The second kappa shape index (κ2) is 10.8. The molecule has 0 spiro atoms. The average Bonchev–Trinajstić information content (AvgIpc) is 3.29. The van der Waals surface area contributed by atoms with Crippen LogP contribution in [0.25, 0.3) is 0 Å². The summed E-state index contributed by atoms with van der Waals surface area (Å²) in [7, 11) is 1.61. The molecule has 29 heavy (non-hydrogen) atoms. The number of rotatable bonds is 11. The molecule has 1 heterocycles. The lowest BCUT2D eigenvalue weighted by molar-refractivity contribution is 0.196. The molecule has 0 saturated carbocycles. The van der Waals surface area contributed by atoms with E-state index in [1.165, 1.54) is 5.56 Å². The van der Waals surface area contributed by atoms with Crippen LogP contribution in [0.3, 0.4) is 0 Å². The van der Waals surface area contributed by atoms with Gasteiger partial charge in [-0.3, -0.25) is 0 Å². The highest BCUT2D eigenvalue weighted by atomic mass is 32.1. The van der Waals surface area contributed by atoms with Gasteiger partial charge in [0.05, 0.1) is 24.9 Å². The molecule has 0 aliphatic carbocycles. The zero-order valence-electron chi connectivity index (χ0n) is 16.6. The van der Waals surface area contributed by atoms with Gasteiger partial charge < -0.3 is 24.6 Å². The Hall–Kier alpha value is -2.61. The molecule has 6 nitrogen and oxygen atoms in total. The number of hydrogen-bond donors (Lipinski definition) is 2. The maximum absolute atomic E-state index is 8.92. The lowest BCUT2D eigenvalue weighted by atomic mass is 10.1. The minimum atomic E-state index is -0.0302. The molecule has 2 aromatic carbocycles. The van der Waals surface area contributed by atoms with Gasteiger partial charge in [-0.25, -0.2) is 4.98 Å². The van der Waals surface area contributed by atoms with Crippen LogP contribution in [0.1, 0.15) is 29.8 Å². The molecule has 0 saturated heterocycles. The van der Waals surface area contributed by atoms with E-state index in [4.69, 9.17) is 19.3 Å². The summed E-state index contributed by atoms with van der Waals surface area (Å²) in [6.07, 6.45) is 0. The Bertz CT molecular complexity index is 869. The van der Waals surface area contributed by atoms with Gasteiger partial charge in [-0.05, 0) is 42.3 Å². The number of thiazole rings is 1. The van der Waals surface area contributed by atoms with Crippen LogP contribution in [0.4, 0.5) is 0 Å². The molecule has 2 N–H and O–H groups in total. The first-order valence-corrected chi connectivity index (χ1v) is 10.4. The van der Waals surface area contributed by atoms with Crippen molar-refractivity contribution in [2.45, 2.75) is 26.1 Å². The summed E-state index contributed by atoms with van der Waals surface area (Å²) in [4.78, 5) is 4.21. The van der Waals surface area contributed by atoms with E-state index in [9.17, 15) is 0 Å². The third-order valence-electron chi connectivity index (χ3n) is 4.44. The van der Waals surface area contributed by atoms with Crippen LogP contribution in [-0.4, -0.2) is 30.4 Å². The lowest BCUT2D eigenvalue weighted by Crippen LogP contribution is -2.18. The second-order valence-corrected chi connectivity index (χ2v) is 7.22. The molecule has 1 aromatic heterocycles. The number of benzene rings is 2. The van der Waals surface area contributed by atoms with Crippen LogP contribution in [-0.2, 0) is 13.2 Å². The molecular formula is C22H26N2O4S. The molecule has 0 aliphatic rings. The smallest absolute Gasteiger partial charge is 0.161 e. The summed E-state index contributed by atoms with van der Waals surface area (Å²) < 4.78 is 16.6. The highest BCUT2D eigenvalue weighted by Crippen LogP contribution is 2.30. The number of hydrogen-bond acceptors (Lipinski definition) is 7. The van der Waals surface area contributed by atoms with Crippen molar-refractivity contribution in [1.82, 2.24) is 10.3 Å². The quantitative estimate of drug-likeness (QED) is 0.495. The molecule has 0 fully saturated rings. The van der Waals surface area contributed by atoms with Crippen molar-refractivity contribution in [3.63, 3.8) is 0 Å². The standard InChI is InChI=1S/C22H26N2O4S/c1-16(18-5-8-21(27-10-9-25)22(11-18)26-2)23-12-17-3-6-20(7-4-17)28-13-19-14-29-15-24-19/h3-8,11,14-16,23,25H,9-10,12-13H2,1-2H3. The molecule has 3 rings (SSSR count). The molecule has 0 radical (unpaired) electrons. The first-order chi connectivity index (χ1) is 14.2. The van der Waals surface area contributed by atoms with Gasteiger partial charge in [-0.1, -0.05) is 18.2 Å². The Morgan fingerprint density at radius 1 is 1.10 bits per heavy atom. The number of methoxy groups -OCH3 is 1. The molecule has 1 atom stereocenters. The van der Waals surface area contributed by atoms with Crippen molar-refractivity contribution in [2.75, 3.05) is 20.3 Å². The van der Waals surface area contributed by atoms with Crippen LogP contribution in [0.2, 0.25) is 0 Å². The first-order valence-electron chi connectivity index (χ1n) is 9.43. The van der Waals surface area contributed by atoms with Crippen molar-refractivity contribution in [2.24, 2.45) is 0 Å². The van der Waals surface area contributed by atoms with Gasteiger partial charge in [0.25, 0.3) is 0 Å². The van der Waals surface area contributed by atoms with Crippen molar-refractivity contribution in [3.8, 4) is 17.2 Å². The van der Waals surface area contributed by atoms with Gasteiger partial charge in [0.15, 0.2) is 11.5 Å². The number of nitrogens with zero attached hydrogens (tertiary/aromatic N) is 1. The number of ether oxygens (including phenoxy) is 3. The Morgan fingerprint density at radius 3 is 2.62 bits per heavy atom. The van der Waals surface area contributed by atoms with Crippen molar-refractivity contribution >= 4 is 11.3 Å². The maximum atomic E-state index is 8.92. The maximum Gasteiger partial charge on any atom is 0.161 e. The first kappa shape index (κ1) is 21.1. The molecule has 7 heteroatoms. The van der Waals surface area contributed by atoms with Crippen molar-refractivity contribution in [3.05, 3.63) is 70.2 Å². The highest BCUT2D eigenvalue weighted by molar-refractivity contribution is 7.07. The third kappa shape index (κ3) is 6.19. The van der Waals surface area contributed by atoms with E-state index in [0.717, 1.165) is 23.6 Å². The predicted octanol–water partition coefficient (Wildman–Crippen LogP) is 3.95. The summed E-state index contributed by atoms with van der Waals surface area (Å²) >= 11 is 1.57. The van der Waals surface area contributed by atoms with Gasteiger partial charge in [-0.2, -0.15) is 0 Å². The Balaban J connectivity index is 1.52. The van der Waals surface area contributed by atoms with E-state index in [0.29, 0.717) is 18.1 Å². The summed E-state index contributed by atoms with van der Waals surface area (Å²) in [5, 5.41) is 14.4. The van der Waals surface area contributed by atoms with E-state index < -0.39 is 0 Å². The van der Waals surface area contributed by atoms with Gasteiger partial charge in [0, 0.05) is 18.0 Å². The zero-order chi connectivity index (χ0) is 20.5. The molecular weight excluding hydrogens is 388 g/mol. The second-order valence-electron chi connectivity index (χ2n) is 6.50. The Labute approximate surface area is 175 Å². The normalized spacial score (nSPS) is 11.8.